The number of hydrogen-bond acceptors (Lipinski definition) is 4. The molecular formula is C14H22N2O3. The Kier molecular flexibility index (Phi) is 6.92. The first-order valence-corrected chi connectivity index (χ1v) is 6.48. The molecule has 19 heavy (non-hydrogen) atoms. The molecule has 5 nitrogen and oxygen atoms in total. The Hall–Kier alpha value is -1.59. The summed E-state index contributed by atoms with van der Waals surface area (Å²) in [6.45, 7) is 4.54. The van der Waals surface area contributed by atoms with Gasteiger partial charge in [0.1, 0.15) is 6.23 Å². The van der Waals surface area contributed by atoms with Gasteiger partial charge >= 0.3 is 0 Å². The zero-order valence-corrected chi connectivity index (χ0v) is 11.5. The number of carbonyl (C=O) groups excluding carboxylic acids is 1. The first-order valence-electron chi connectivity index (χ1n) is 6.48. The van der Waals surface area contributed by atoms with E-state index in [1.165, 1.54) is 6.92 Å². The molecule has 1 unspecified atom stereocenters. The normalized spacial score (nSPS) is 11.9. The van der Waals surface area contributed by atoms with Gasteiger partial charge in [-0.05, 0) is 24.6 Å². The number of rotatable bonds is 8. The Balaban J connectivity index is 2.64. The number of anilines is 1. The van der Waals surface area contributed by atoms with Gasteiger partial charge < -0.3 is 20.5 Å². The summed E-state index contributed by atoms with van der Waals surface area (Å²) in [5.74, 6) is -0.104. The maximum absolute atomic E-state index is 11.1. The fourth-order valence-electron chi connectivity index (χ4n) is 1.80. The summed E-state index contributed by atoms with van der Waals surface area (Å²) in [4.78, 5) is 11.1. The smallest absolute Gasteiger partial charge is 0.218 e. The van der Waals surface area contributed by atoms with Crippen molar-refractivity contribution in [1.82, 2.24) is 5.32 Å². The second-order valence-corrected chi connectivity index (χ2v) is 4.20. The number of benzene rings is 1. The van der Waals surface area contributed by atoms with E-state index in [2.05, 4.69) is 10.6 Å². The summed E-state index contributed by atoms with van der Waals surface area (Å²) in [7, 11) is 0. The van der Waals surface area contributed by atoms with E-state index in [1.54, 1.807) is 0 Å². The Morgan fingerprint density at radius 1 is 1.47 bits per heavy atom. The van der Waals surface area contributed by atoms with E-state index in [0.29, 0.717) is 19.6 Å². The maximum Gasteiger partial charge on any atom is 0.218 e. The summed E-state index contributed by atoms with van der Waals surface area (Å²) in [6, 6.07) is 7.85. The van der Waals surface area contributed by atoms with E-state index in [0.717, 1.165) is 11.3 Å². The summed E-state index contributed by atoms with van der Waals surface area (Å²) in [5, 5.41) is 14.7. The van der Waals surface area contributed by atoms with Crippen LogP contribution in [-0.4, -0.2) is 37.0 Å². The minimum atomic E-state index is -0.310. The monoisotopic (exact) mass is 266 g/mol. The zero-order chi connectivity index (χ0) is 14.1. The minimum absolute atomic E-state index is 0.0949. The molecule has 0 aliphatic heterocycles. The second-order valence-electron chi connectivity index (χ2n) is 4.20. The van der Waals surface area contributed by atoms with Crippen LogP contribution in [0.25, 0.3) is 0 Å². The van der Waals surface area contributed by atoms with Crippen molar-refractivity contribution in [2.75, 3.05) is 25.1 Å². The second kappa shape index (κ2) is 8.50. The zero-order valence-electron chi connectivity index (χ0n) is 11.5. The number of ether oxygens (including phenoxy) is 1. The highest BCUT2D eigenvalue weighted by Crippen LogP contribution is 2.12. The predicted molar refractivity (Wildman–Crippen MR) is 75.0 cm³/mol. The first-order chi connectivity index (χ1) is 9.15. The van der Waals surface area contributed by atoms with Crippen LogP contribution in [0.2, 0.25) is 0 Å². The van der Waals surface area contributed by atoms with Gasteiger partial charge in [-0.25, -0.2) is 0 Å². The third kappa shape index (κ3) is 6.22. The van der Waals surface area contributed by atoms with E-state index in [1.807, 2.05) is 31.2 Å². The lowest BCUT2D eigenvalue weighted by Gasteiger charge is -2.18. The average molecular weight is 266 g/mol. The van der Waals surface area contributed by atoms with Gasteiger partial charge in [0.25, 0.3) is 0 Å². The van der Waals surface area contributed by atoms with Gasteiger partial charge in [-0.2, -0.15) is 0 Å². The molecule has 3 N–H and O–H groups in total. The van der Waals surface area contributed by atoms with Crippen LogP contribution in [0.4, 0.5) is 5.69 Å². The molecule has 0 fully saturated rings. The fourth-order valence-corrected chi connectivity index (χ4v) is 1.80. The van der Waals surface area contributed by atoms with Crippen molar-refractivity contribution in [2.45, 2.75) is 26.5 Å². The molecule has 1 atom stereocenters. The first kappa shape index (κ1) is 15.5. The third-order valence-electron chi connectivity index (χ3n) is 2.52. The van der Waals surface area contributed by atoms with Crippen LogP contribution in [-0.2, 0) is 16.0 Å². The van der Waals surface area contributed by atoms with Crippen LogP contribution in [0, 0.1) is 0 Å². The largest absolute Gasteiger partial charge is 0.395 e. The van der Waals surface area contributed by atoms with Gasteiger partial charge in [0.05, 0.1) is 6.61 Å². The quantitative estimate of drug-likeness (QED) is 0.617. The van der Waals surface area contributed by atoms with E-state index in [9.17, 15) is 4.79 Å². The van der Waals surface area contributed by atoms with Crippen molar-refractivity contribution in [2.24, 2.45) is 0 Å². The summed E-state index contributed by atoms with van der Waals surface area (Å²) in [5.41, 5.74) is 2.01. The molecule has 0 saturated carbocycles. The van der Waals surface area contributed by atoms with E-state index >= 15 is 0 Å². The van der Waals surface area contributed by atoms with Crippen molar-refractivity contribution in [3.8, 4) is 0 Å². The predicted octanol–water partition coefficient (Wildman–Crippen LogP) is 1.13. The standard InChI is InChI=1S/C14H22N2O3/c1-3-19-14(16-11(2)18)10-12-5-4-6-13(9-12)15-7-8-17/h4-6,9,14-15,17H,3,7-8,10H2,1-2H3,(H,16,18). The molecule has 106 valence electrons. The lowest BCUT2D eigenvalue weighted by atomic mass is 10.1. The van der Waals surface area contributed by atoms with Crippen LogP contribution < -0.4 is 10.6 Å². The molecule has 0 aliphatic rings. The van der Waals surface area contributed by atoms with Crippen LogP contribution in [0.3, 0.4) is 0 Å². The molecule has 0 heterocycles. The molecule has 5 heteroatoms. The van der Waals surface area contributed by atoms with Gasteiger partial charge in [0.2, 0.25) is 5.91 Å². The number of amides is 1. The Bertz CT molecular complexity index is 396. The van der Waals surface area contributed by atoms with Crippen LogP contribution in [0.5, 0.6) is 0 Å². The molecule has 1 rings (SSSR count). The van der Waals surface area contributed by atoms with Crippen LogP contribution >= 0.6 is 0 Å². The lowest BCUT2D eigenvalue weighted by Crippen LogP contribution is -2.37. The van der Waals surface area contributed by atoms with Crippen molar-refractivity contribution in [3.63, 3.8) is 0 Å². The highest BCUT2D eigenvalue weighted by Gasteiger charge is 2.10. The molecule has 0 aliphatic carbocycles. The molecule has 0 spiro atoms. The van der Waals surface area contributed by atoms with E-state index in [-0.39, 0.29) is 18.7 Å². The molecule has 1 amide bonds. The number of nitrogens with one attached hydrogen (secondary N) is 2. The Labute approximate surface area is 114 Å². The fraction of sp³-hybridized carbons (Fsp3) is 0.500. The average Bonchev–Trinajstić information content (AvgIpc) is 2.36. The topological polar surface area (TPSA) is 70.6 Å². The third-order valence-corrected chi connectivity index (χ3v) is 2.52. The van der Waals surface area contributed by atoms with Crippen molar-refractivity contribution in [1.29, 1.82) is 0 Å². The van der Waals surface area contributed by atoms with Crippen LogP contribution in [0.15, 0.2) is 24.3 Å². The number of aliphatic hydroxyl groups is 1. The molecule has 1 aromatic rings. The van der Waals surface area contributed by atoms with Gasteiger partial charge in [0.15, 0.2) is 0 Å². The molecule has 0 saturated heterocycles. The van der Waals surface area contributed by atoms with E-state index in [4.69, 9.17) is 9.84 Å². The van der Waals surface area contributed by atoms with Gasteiger partial charge in [0, 0.05) is 32.2 Å². The van der Waals surface area contributed by atoms with Crippen molar-refractivity contribution < 1.29 is 14.6 Å². The number of carbonyl (C=O) groups is 1. The summed E-state index contributed by atoms with van der Waals surface area (Å²) < 4.78 is 5.49. The van der Waals surface area contributed by atoms with Gasteiger partial charge in [-0.3, -0.25) is 4.79 Å². The minimum Gasteiger partial charge on any atom is -0.395 e. The SMILES string of the molecule is CCOC(Cc1cccc(NCCO)c1)NC(C)=O. The molecule has 0 aromatic heterocycles. The highest BCUT2D eigenvalue weighted by atomic mass is 16.5. The van der Waals surface area contributed by atoms with Crippen molar-refractivity contribution >= 4 is 11.6 Å². The van der Waals surface area contributed by atoms with Crippen LogP contribution in [0.1, 0.15) is 19.4 Å². The molecule has 0 bridgehead atoms. The summed E-state index contributed by atoms with van der Waals surface area (Å²) >= 11 is 0. The lowest BCUT2D eigenvalue weighted by molar-refractivity contribution is -0.123. The number of hydrogen-bond donors (Lipinski definition) is 3. The molecule has 0 radical (unpaired) electrons. The van der Waals surface area contributed by atoms with Gasteiger partial charge in [-0.1, -0.05) is 12.1 Å². The van der Waals surface area contributed by atoms with Gasteiger partial charge in [-0.15, -0.1) is 0 Å². The Morgan fingerprint density at radius 3 is 2.89 bits per heavy atom. The Morgan fingerprint density at radius 2 is 2.26 bits per heavy atom. The maximum atomic E-state index is 11.1. The molecular weight excluding hydrogens is 244 g/mol. The summed E-state index contributed by atoms with van der Waals surface area (Å²) in [6.07, 6.45) is 0.304. The molecule has 1 aromatic carbocycles. The highest BCUT2D eigenvalue weighted by molar-refractivity contribution is 5.73. The van der Waals surface area contributed by atoms with E-state index < -0.39 is 0 Å². The number of aliphatic hydroxyl groups excluding tert-OH is 1. The van der Waals surface area contributed by atoms with Crippen molar-refractivity contribution in [3.05, 3.63) is 29.8 Å².